The van der Waals surface area contributed by atoms with Crippen LogP contribution in [0.25, 0.3) is 10.9 Å². The van der Waals surface area contributed by atoms with Crippen molar-refractivity contribution in [3.63, 3.8) is 0 Å². The number of halogens is 2. The van der Waals surface area contributed by atoms with Crippen LogP contribution >= 0.6 is 0 Å². The molecule has 0 fully saturated rings. The molecular weight excluding hydrogens is 298 g/mol. The van der Waals surface area contributed by atoms with Crippen LogP contribution < -0.4 is 5.32 Å². The van der Waals surface area contributed by atoms with Gasteiger partial charge in [-0.2, -0.15) is 0 Å². The Balaban J connectivity index is 2.01. The number of aromatic nitrogens is 1. The van der Waals surface area contributed by atoms with Crippen molar-refractivity contribution in [2.45, 2.75) is 13.8 Å². The first-order valence-electron chi connectivity index (χ1n) is 7.08. The fraction of sp³-hybridized carbons (Fsp3) is 0.111. The van der Waals surface area contributed by atoms with E-state index < -0.39 is 11.7 Å². The second kappa shape index (κ2) is 5.76. The molecule has 0 saturated carbocycles. The highest BCUT2D eigenvalue weighted by molar-refractivity contribution is 6.12. The largest absolute Gasteiger partial charge is 0.322 e. The van der Waals surface area contributed by atoms with Crippen LogP contribution in [0.5, 0.6) is 0 Å². The number of pyridine rings is 1. The molecule has 23 heavy (non-hydrogen) atoms. The summed E-state index contributed by atoms with van der Waals surface area (Å²) < 4.78 is 26.9. The molecule has 1 aromatic heterocycles. The number of hydrogen-bond donors (Lipinski definition) is 1. The maximum atomic E-state index is 13.6. The molecule has 3 aromatic rings. The lowest BCUT2D eigenvalue weighted by molar-refractivity contribution is 0.102. The highest BCUT2D eigenvalue weighted by Gasteiger charge is 2.13. The molecule has 0 unspecified atom stereocenters. The predicted octanol–water partition coefficient (Wildman–Crippen LogP) is 4.38. The zero-order valence-corrected chi connectivity index (χ0v) is 12.7. The van der Waals surface area contributed by atoms with E-state index in [1.807, 2.05) is 0 Å². The molecule has 0 spiro atoms. The summed E-state index contributed by atoms with van der Waals surface area (Å²) in [6.45, 7) is 3.38. The molecule has 1 N–H and O–H groups in total. The number of nitrogens with one attached hydrogen (secondary N) is 1. The first-order valence-corrected chi connectivity index (χ1v) is 7.08. The smallest absolute Gasteiger partial charge is 0.256 e. The lowest BCUT2D eigenvalue weighted by atomic mass is 10.1. The normalized spacial score (nSPS) is 10.8. The molecule has 5 heteroatoms. The SMILES string of the molecule is Cc1cc(C(=O)Nc2ccc(C)c(F)c2)c2ccc(F)cc2n1. The number of benzene rings is 2. The van der Waals surface area contributed by atoms with Gasteiger partial charge in [-0.25, -0.2) is 8.78 Å². The highest BCUT2D eigenvalue weighted by Crippen LogP contribution is 2.21. The first-order chi connectivity index (χ1) is 10.9. The minimum Gasteiger partial charge on any atom is -0.322 e. The zero-order chi connectivity index (χ0) is 16.6. The summed E-state index contributed by atoms with van der Waals surface area (Å²) in [5.74, 6) is -1.20. The monoisotopic (exact) mass is 312 g/mol. The van der Waals surface area contributed by atoms with Gasteiger partial charge in [0.15, 0.2) is 0 Å². The van der Waals surface area contributed by atoms with E-state index in [4.69, 9.17) is 0 Å². The van der Waals surface area contributed by atoms with Crippen LogP contribution in [0.1, 0.15) is 21.6 Å². The molecule has 3 rings (SSSR count). The summed E-state index contributed by atoms with van der Waals surface area (Å²) in [6, 6.07) is 10.2. The fourth-order valence-electron chi connectivity index (χ4n) is 2.39. The van der Waals surface area contributed by atoms with Crippen LogP contribution in [0.4, 0.5) is 14.5 Å². The van der Waals surface area contributed by atoms with Gasteiger partial charge in [0.05, 0.1) is 11.1 Å². The van der Waals surface area contributed by atoms with Crippen molar-refractivity contribution in [1.82, 2.24) is 4.98 Å². The Hall–Kier alpha value is -2.82. The van der Waals surface area contributed by atoms with Crippen molar-refractivity contribution in [2.75, 3.05) is 5.32 Å². The Morgan fingerprint density at radius 2 is 1.83 bits per heavy atom. The molecule has 0 radical (unpaired) electrons. The molecule has 2 aromatic carbocycles. The molecule has 0 aliphatic rings. The van der Waals surface area contributed by atoms with Crippen molar-refractivity contribution in [2.24, 2.45) is 0 Å². The van der Waals surface area contributed by atoms with E-state index in [2.05, 4.69) is 10.3 Å². The number of carbonyl (C=O) groups excluding carboxylic acids is 1. The number of anilines is 1. The van der Waals surface area contributed by atoms with Gasteiger partial charge < -0.3 is 5.32 Å². The number of fused-ring (bicyclic) bond motifs is 1. The predicted molar refractivity (Wildman–Crippen MR) is 85.5 cm³/mol. The van der Waals surface area contributed by atoms with Crippen LogP contribution in [-0.4, -0.2) is 10.9 Å². The second-order valence-corrected chi connectivity index (χ2v) is 5.39. The summed E-state index contributed by atoms with van der Waals surface area (Å²) in [5.41, 5.74) is 2.24. The molecular formula is C18H14F2N2O. The lowest BCUT2D eigenvalue weighted by Gasteiger charge is -2.10. The van der Waals surface area contributed by atoms with Crippen LogP contribution in [0, 0.1) is 25.5 Å². The van der Waals surface area contributed by atoms with Crippen LogP contribution in [-0.2, 0) is 0 Å². The molecule has 0 aliphatic carbocycles. The van der Waals surface area contributed by atoms with Crippen molar-refractivity contribution in [3.05, 3.63) is 70.9 Å². The van der Waals surface area contributed by atoms with Gasteiger partial charge in [-0.1, -0.05) is 6.07 Å². The summed E-state index contributed by atoms with van der Waals surface area (Å²) in [7, 11) is 0. The highest BCUT2D eigenvalue weighted by atomic mass is 19.1. The fourth-order valence-corrected chi connectivity index (χ4v) is 2.39. The van der Waals surface area contributed by atoms with E-state index >= 15 is 0 Å². The second-order valence-electron chi connectivity index (χ2n) is 5.39. The molecule has 0 saturated heterocycles. The van der Waals surface area contributed by atoms with E-state index in [-0.39, 0.29) is 5.82 Å². The van der Waals surface area contributed by atoms with Gasteiger partial charge in [-0.05, 0) is 49.7 Å². The Labute approximate surface area is 132 Å². The third kappa shape index (κ3) is 3.04. The van der Waals surface area contributed by atoms with Gasteiger partial charge in [0, 0.05) is 22.8 Å². The number of amides is 1. The van der Waals surface area contributed by atoms with Crippen molar-refractivity contribution in [3.8, 4) is 0 Å². The number of nitrogens with zero attached hydrogens (tertiary/aromatic N) is 1. The van der Waals surface area contributed by atoms with Crippen LogP contribution in [0.2, 0.25) is 0 Å². The average molecular weight is 312 g/mol. The molecule has 3 nitrogen and oxygen atoms in total. The van der Waals surface area contributed by atoms with Crippen molar-refractivity contribution in [1.29, 1.82) is 0 Å². The number of rotatable bonds is 2. The average Bonchev–Trinajstić information content (AvgIpc) is 2.49. The van der Waals surface area contributed by atoms with Gasteiger partial charge in [-0.3, -0.25) is 9.78 Å². The Bertz CT molecular complexity index is 917. The molecule has 0 atom stereocenters. The van der Waals surface area contributed by atoms with E-state index in [9.17, 15) is 13.6 Å². The third-order valence-electron chi connectivity index (χ3n) is 3.57. The van der Waals surface area contributed by atoms with Gasteiger partial charge in [0.25, 0.3) is 5.91 Å². The number of aryl methyl sites for hydroxylation is 2. The zero-order valence-electron chi connectivity index (χ0n) is 12.7. The molecule has 1 amide bonds. The van der Waals surface area contributed by atoms with Crippen LogP contribution in [0.3, 0.4) is 0 Å². The van der Waals surface area contributed by atoms with Crippen LogP contribution in [0.15, 0.2) is 42.5 Å². The molecule has 1 heterocycles. The summed E-state index contributed by atoms with van der Waals surface area (Å²) >= 11 is 0. The van der Waals surface area contributed by atoms with Gasteiger partial charge in [0.1, 0.15) is 11.6 Å². The first kappa shape index (κ1) is 15.1. The number of hydrogen-bond acceptors (Lipinski definition) is 2. The third-order valence-corrected chi connectivity index (χ3v) is 3.57. The maximum Gasteiger partial charge on any atom is 0.256 e. The van der Waals surface area contributed by atoms with Gasteiger partial charge in [0.2, 0.25) is 0 Å². The standard InChI is InChI=1S/C18H14F2N2O/c1-10-3-5-13(9-16(10)20)22-18(23)15-7-11(2)21-17-8-12(19)4-6-14(15)17/h3-9H,1-2H3,(H,22,23). The minimum atomic E-state index is -0.414. The molecule has 116 valence electrons. The number of carbonyl (C=O) groups is 1. The Kier molecular flexibility index (Phi) is 3.78. The van der Waals surface area contributed by atoms with E-state index in [0.717, 1.165) is 0 Å². The van der Waals surface area contributed by atoms with E-state index in [1.54, 1.807) is 32.0 Å². The summed E-state index contributed by atoms with van der Waals surface area (Å²) in [5, 5.41) is 3.20. The lowest BCUT2D eigenvalue weighted by Crippen LogP contribution is -2.13. The van der Waals surface area contributed by atoms with Crippen molar-refractivity contribution >= 4 is 22.5 Å². The molecule has 0 aliphatic heterocycles. The molecule has 0 bridgehead atoms. The summed E-state index contributed by atoms with van der Waals surface area (Å²) in [4.78, 5) is 16.7. The van der Waals surface area contributed by atoms with E-state index in [1.165, 1.54) is 24.3 Å². The Morgan fingerprint density at radius 3 is 2.57 bits per heavy atom. The maximum absolute atomic E-state index is 13.6. The van der Waals surface area contributed by atoms with Gasteiger partial charge in [-0.15, -0.1) is 0 Å². The minimum absolute atomic E-state index is 0.364. The van der Waals surface area contributed by atoms with Crippen molar-refractivity contribution < 1.29 is 13.6 Å². The Morgan fingerprint density at radius 1 is 1.04 bits per heavy atom. The van der Waals surface area contributed by atoms with E-state index in [0.29, 0.717) is 33.4 Å². The van der Waals surface area contributed by atoms with Gasteiger partial charge >= 0.3 is 0 Å². The summed E-state index contributed by atoms with van der Waals surface area (Å²) in [6.07, 6.45) is 0. The quantitative estimate of drug-likeness (QED) is 0.763. The topological polar surface area (TPSA) is 42.0 Å².